The summed E-state index contributed by atoms with van der Waals surface area (Å²) in [6, 6.07) is 12.5. The van der Waals surface area contributed by atoms with Gasteiger partial charge in [-0.2, -0.15) is 0 Å². The number of likely N-dealkylation sites (N-methyl/N-ethyl adjacent to an activating group) is 1. The van der Waals surface area contributed by atoms with E-state index in [4.69, 9.17) is 9.47 Å². The molecule has 0 saturated heterocycles. The van der Waals surface area contributed by atoms with Crippen molar-refractivity contribution in [2.75, 3.05) is 45.3 Å². The highest BCUT2D eigenvalue weighted by molar-refractivity contribution is 5.89. The van der Waals surface area contributed by atoms with E-state index in [1.165, 1.54) is 16.7 Å². The Hall–Kier alpha value is -2.53. The molecule has 5 nitrogen and oxygen atoms in total. The van der Waals surface area contributed by atoms with Crippen molar-refractivity contribution < 1.29 is 14.3 Å². The minimum Gasteiger partial charge on any atom is -0.497 e. The van der Waals surface area contributed by atoms with Crippen LogP contribution in [0.1, 0.15) is 28.7 Å². The lowest BCUT2D eigenvalue weighted by molar-refractivity contribution is 0.154. The quantitative estimate of drug-likeness (QED) is 0.790. The Bertz CT molecular complexity index is 880. The van der Waals surface area contributed by atoms with Gasteiger partial charge in [-0.15, -0.1) is 0 Å². The number of hydrogen-bond donors (Lipinski definition) is 0. The van der Waals surface area contributed by atoms with Crippen LogP contribution in [0, 0.1) is 0 Å². The summed E-state index contributed by atoms with van der Waals surface area (Å²) in [6.07, 6.45) is 4.59. The molecule has 5 heteroatoms. The van der Waals surface area contributed by atoms with Gasteiger partial charge in [0.05, 0.1) is 19.4 Å². The van der Waals surface area contributed by atoms with E-state index in [9.17, 15) is 4.79 Å². The van der Waals surface area contributed by atoms with Gasteiger partial charge in [0.25, 0.3) is 0 Å². The molecule has 2 heterocycles. The second-order valence-corrected chi connectivity index (χ2v) is 8.02. The molecule has 1 amide bonds. The van der Waals surface area contributed by atoms with Crippen molar-refractivity contribution in [1.82, 2.24) is 4.90 Å². The number of carbonyl (C=O) groups excluding carboxylic acids is 1. The van der Waals surface area contributed by atoms with Crippen LogP contribution >= 0.6 is 0 Å². The van der Waals surface area contributed by atoms with Crippen molar-refractivity contribution >= 4 is 11.8 Å². The van der Waals surface area contributed by atoms with E-state index in [0.717, 1.165) is 62.3 Å². The molecule has 0 N–H and O–H groups in total. The first-order valence-electron chi connectivity index (χ1n) is 10.5. The van der Waals surface area contributed by atoms with E-state index < -0.39 is 0 Å². The van der Waals surface area contributed by atoms with Crippen molar-refractivity contribution in [3.8, 4) is 5.75 Å². The molecule has 2 aromatic carbocycles. The summed E-state index contributed by atoms with van der Waals surface area (Å²) in [5.41, 5.74) is 6.26. The molecule has 0 aliphatic carbocycles. The number of anilines is 1. The highest BCUT2D eigenvalue weighted by Crippen LogP contribution is 2.32. The molecule has 0 fully saturated rings. The molecule has 0 unspecified atom stereocenters. The van der Waals surface area contributed by atoms with E-state index in [1.54, 1.807) is 7.11 Å². The van der Waals surface area contributed by atoms with Gasteiger partial charge in [0.1, 0.15) is 5.75 Å². The SMILES string of the molecule is COc1cccc(CCOC(=O)N2CCCc3cc4c(cc32)CCN(C)CC4)c1. The first-order valence-corrected chi connectivity index (χ1v) is 10.5. The molecule has 2 aliphatic heterocycles. The lowest BCUT2D eigenvalue weighted by Crippen LogP contribution is -2.36. The van der Waals surface area contributed by atoms with Crippen LogP contribution < -0.4 is 9.64 Å². The van der Waals surface area contributed by atoms with Gasteiger partial charge < -0.3 is 14.4 Å². The Labute approximate surface area is 173 Å². The number of fused-ring (bicyclic) bond motifs is 2. The fourth-order valence-electron chi connectivity index (χ4n) is 4.28. The number of benzene rings is 2. The smallest absolute Gasteiger partial charge is 0.414 e. The molecule has 154 valence electrons. The Morgan fingerprint density at radius 2 is 1.79 bits per heavy atom. The van der Waals surface area contributed by atoms with Crippen LogP contribution in [0.3, 0.4) is 0 Å². The summed E-state index contributed by atoms with van der Waals surface area (Å²) >= 11 is 0. The number of carbonyl (C=O) groups is 1. The summed E-state index contributed by atoms with van der Waals surface area (Å²) in [5, 5.41) is 0. The van der Waals surface area contributed by atoms with Gasteiger partial charge >= 0.3 is 6.09 Å². The zero-order valence-corrected chi connectivity index (χ0v) is 17.4. The van der Waals surface area contributed by atoms with Crippen molar-refractivity contribution in [3.05, 3.63) is 58.7 Å². The maximum Gasteiger partial charge on any atom is 0.414 e. The van der Waals surface area contributed by atoms with Crippen LogP contribution in [-0.2, 0) is 30.4 Å². The number of rotatable bonds is 4. The van der Waals surface area contributed by atoms with Crippen molar-refractivity contribution in [1.29, 1.82) is 0 Å². The average Bonchev–Trinajstić information content (AvgIpc) is 2.93. The van der Waals surface area contributed by atoms with Gasteiger partial charge in [0.2, 0.25) is 0 Å². The van der Waals surface area contributed by atoms with Crippen LogP contribution in [0.4, 0.5) is 10.5 Å². The predicted octanol–water partition coefficient (Wildman–Crippen LogP) is 3.86. The number of hydrogen-bond acceptors (Lipinski definition) is 4. The van der Waals surface area contributed by atoms with Crippen LogP contribution in [-0.4, -0.2) is 51.4 Å². The molecule has 4 rings (SSSR count). The second-order valence-electron chi connectivity index (χ2n) is 8.02. The largest absolute Gasteiger partial charge is 0.497 e. The molecular weight excluding hydrogens is 364 g/mol. The molecule has 0 spiro atoms. The zero-order chi connectivity index (χ0) is 20.2. The van der Waals surface area contributed by atoms with E-state index in [1.807, 2.05) is 29.2 Å². The predicted molar refractivity (Wildman–Crippen MR) is 115 cm³/mol. The van der Waals surface area contributed by atoms with E-state index >= 15 is 0 Å². The molecule has 0 atom stereocenters. The van der Waals surface area contributed by atoms with E-state index in [2.05, 4.69) is 24.1 Å². The molecule has 2 aliphatic rings. The van der Waals surface area contributed by atoms with Crippen molar-refractivity contribution in [2.24, 2.45) is 0 Å². The summed E-state index contributed by atoms with van der Waals surface area (Å²) in [6.45, 7) is 3.26. The third-order valence-electron chi connectivity index (χ3n) is 6.02. The summed E-state index contributed by atoms with van der Waals surface area (Å²) in [5.74, 6) is 0.824. The molecule has 0 bridgehead atoms. The maximum absolute atomic E-state index is 12.8. The van der Waals surface area contributed by atoms with Gasteiger partial charge in [0, 0.05) is 26.1 Å². The first-order chi connectivity index (χ1) is 14.1. The maximum atomic E-state index is 12.8. The van der Waals surface area contributed by atoms with Crippen LogP contribution in [0.2, 0.25) is 0 Å². The van der Waals surface area contributed by atoms with Gasteiger partial charge in [-0.25, -0.2) is 4.79 Å². The number of amides is 1. The Balaban J connectivity index is 1.43. The molecule has 0 radical (unpaired) electrons. The first kappa shape index (κ1) is 19.8. The summed E-state index contributed by atoms with van der Waals surface area (Å²) in [7, 11) is 3.84. The average molecular weight is 395 g/mol. The fourth-order valence-corrected chi connectivity index (χ4v) is 4.28. The Morgan fingerprint density at radius 3 is 2.59 bits per heavy atom. The third kappa shape index (κ3) is 4.56. The molecule has 2 aromatic rings. The molecule has 29 heavy (non-hydrogen) atoms. The highest BCUT2D eigenvalue weighted by Gasteiger charge is 2.26. The van der Waals surface area contributed by atoms with E-state index in [0.29, 0.717) is 13.0 Å². The van der Waals surface area contributed by atoms with Gasteiger partial charge in [0.15, 0.2) is 0 Å². The normalized spacial score (nSPS) is 16.6. The van der Waals surface area contributed by atoms with Crippen molar-refractivity contribution in [3.63, 3.8) is 0 Å². The minimum atomic E-state index is -0.237. The van der Waals surface area contributed by atoms with Crippen LogP contribution in [0.5, 0.6) is 5.75 Å². The van der Waals surface area contributed by atoms with Gasteiger partial charge in [-0.1, -0.05) is 18.2 Å². The number of methoxy groups -OCH3 is 1. The van der Waals surface area contributed by atoms with E-state index in [-0.39, 0.29) is 6.09 Å². The standard InChI is InChI=1S/C24H30N2O3/c1-25-12-8-19-16-21-6-4-11-26(23(21)17-20(19)9-13-25)24(27)29-14-10-18-5-3-7-22(15-18)28-2/h3,5,7,15-17H,4,6,8-14H2,1-2H3. The lowest BCUT2D eigenvalue weighted by Gasteiger charge is -2.30. The minimum absolute atomic E-state index is 0.237. The van der Waals surface area contributed by atoms with Crippen molar-refractivity contribution in [2.45, 2.75) is 32.1 Å². The number of aryl methyl sites for hydroxylation is 1. The number of nitrogens with zero attached hydrogens (tertiary/aromatic N) is 2. The molecule has 0 saturated carbocycles. The topological polar surface area (TPSA) is 42.0 Å². The van der Waals surface area contributed by atoms with Crippen LogP contribution in [0.25, 0.3) is 0 Å². The monoisotopic (exact) mass is 394 g/mol. The zero-order valence-electron chi connectivity index (χ0n) is 17.4. The Kier molecular flexibility index (Phi) is 6.05. The Morgan fingerprint density at radius 1 is 1.00 bits per heavy atom. The second kappa shape index (κ2) is 8.87. The van der Waals surface area contributed by atoms with Crippen LogP contribution in [0.15, 0.2) is 36.4 Å². The third-order valence-corrected chi connectivity index (χ3v) is 6.02. The summed E-state index contributed by atoms with van der Waals surface area (Å²) in [4.78, 5) is 17.0. The lowest BCUT2D eigenvalue weighted by atomic mass is 9.93. The number of ether oxygens (including phenoxy) is 2. The highest BCUT2D eigenvalue weighted by atomic mass is 16.6. The molecular formula is C24H30N2O3. The van der Waals surface area contributed by atoms with Gasteiger partial charge in [-0.3, -0.25) is 4.90 Å². The van der Waals surface area contributed by atoms with Gasteiger partial charge in [-0.05, 0) is 73.2 Å². The molecule has 0 aromatic heterocycles. The summed E-state index contributed by atoms with van der Waals surface area (Å²) < 4.78 is 10.9. The fraction of sp³-hybridized carbons (Fsp3) is 0.458.